The third-order valence-electron chi connectivity index (χ3n) is 3.21. The molecule has 0 radical (unpaired) electrons. The Balaban J connectivity index is 2.03. The Bertz CT molecular complexity index is 863. The first kappa shape index (κ1) is 14.6. The van der Waals surface area contributed by atoms with E-state index in [2.05, 4.69) is 9.97 Å². The summed E-state index contributed by atoms with van der Waals surface area (Å²) in [6.45, 7) is 1.99. The predicted molar refractivity (Wildman–Crippen MR) is 87.2 cm³/mol. The number of thiazole rings is 1. The van der Waals surface area contributed by atoms with Gasteiger partial charge in [-0.3, -0.25) is 15.1 Å². The fraction of sp³-hybridized carbons (Fsp3) is 0.0667. The van der Waals surface area contributed by atoms with Crippen molar-refractivity contribution >= 4 is 28.6 Å². The molecule has 0 N–H and O–H groups in total. The normalized spacial score (nSPS) is 10.6. The summed E-state index contributed by atoms with van der Waals surface area (Å²) in [6.07, 6.45) is 3.50. The lowest BCUT2D eigenvalue weighted by Gasteiger charge is -2.01. The molecule has 2 aromatic heterocycles. The second-order valence-electron chi connectivity index (χ2n) is 4.65. The summed E-state index contributed by atoms with van der Waals surface area (Å²) < 4.78 is 0. The summed E-state index contributed by atoms with van der Waals surface area (Å²) in [6, 6.07) is 6.61. The van der Waals surface area contributed by atoms with E-state index >= 15 is 0 Å². The molecule has 0 bridgehead atoms. The molecule has 3 aromatic rings. The maximum Gasteiger partial charge on any atom is 0.288 e. The zero-order valence-electron chi connectivity index (χ0n) is 11.5. The Labute approximate surface area is 135 Å². The molecule has 0 spiro atoms. The molecule has 5 nitrogen and oxygen atoms in total. The van der Waals surface area contributed by atoms with Gasteiger partial charge in [0, 0.05) is 35.0 Å². The zero-order valence-corrected chi connectivity index (χ0v) is 13.1. The molecule has 0 aliphatic rings. The summed E-state index contributed by atoms with van der Waals surface area (Å²) in [4.78, 5) is 19.1. The van der Waals surface area contributed by atoms with Crippen LogP contribution in [0.15, 0.2) is 42.0 Å². The van der Waals surface area contributed by atoms with Gasteiger partial charge < -0.3 is 0 Å². The summed E-state index contributed by atoms with van der Waals surface area (Å²) in [5.74, 6) is 0. The molecule has 2 heterocycles. The van der Waals surface area contributed by atoms with Gasteiger partial charge >= 0.3 is 0 Å². The lowest BCUT2D eigenvalue weighted by molar-refractivity contribution is -0.384. The molecule has 7 heteroatoms. The summed E-state index contributed by atoms with van der Waals surface area (Å²) in [5.41, 5.74) is 3.27. The number of aromatic nitrogens is 2. The Hall–Kier alpha value is -2.31. The smallest absolute Gasteiger partial charge is 0.264 e. The molecular weight excluding hydrogens is 322 g/mol. The summed E-state index contributed by atoms with van der Waals surface area (Å²) in [5, 5.41) is 13.8. The minimum Gasteiger partial charge on any atom is -0.264 e. The van der Waals surface area contributed by atoms with Crippen molar-refractivity contribution < 1.29 is 4.92 Å². The standard InChI is InChI=1S/C15H10ClN3O2S/c1-9-4-5-17-7-11(9)15-18-13(8-22-15)10-2-3-12(16)14(6-10)19(20)21/h2-8H,1H3. The molecule has 0 aliphatic carbocycles. The highest BCUT2D eigenvalue weighted by Gasteiger charge is 2.15. The first-order valence-electron chi connectivity index (χ1n) is 6.37. The number of rotatable bonds is 3. The molecule has 0 atom stereocenters. The van der Waals surface area contributed by atoms with Gasteiger partial charge in [-0.1, -0.05) is 17.7 Å². The first-order chi connectivity index (χ1) is 10.6. The van der Waals surface area contributed by atoms with Crippen molar-refractivity contribution in [3.8, 4) is 21.8 Å². The number of pyridine rings is 1. The second-order valence-corrected chi connectivity index (χ2v) is 5.92. The van der Waals surface area contributed by atoms with Crippen LogP contribution in [0.5, 0.6) is 0 Å². The molecule has 0 aliphatic heterocycles. The monoisotopic (exact) mass is 331 g/mol. The minimum absolute atomic E-state index is 0.118. The average molecular weight is 332 g/mol. The zero-order chi connectivity index (χ0) is 15.7. The van der Waals surface area contributed by atoms with Crippen LogP contribution in [0.1, 0.15) is 5.56 Å². The van der Waals surface area contributed by atoms with Gasteiger partial charge in [0.2, 0.25) is 0 Å². The van der Waals surface area contributed by atoms with E-state index in [1.54, 1.807) is 18.5 Å². The largest absolute Gasteiger partial charge is 0.288 e. The first-order valence-corrected chi connectivity index (χ1v) is 7.63. The Kier molecular flexibility index (Phi) is 3.87. The van der Waals surface area contributed by atoms with E-state index < -0.39 is 4.92 Å². The fourth-order valence-electron chi connectivity index (χ4n) is 2.03. The van der Waals surface area contributed by atoms with Crippen LogP contribution >= 0.6 is 22.9 Å². The van der Waals surface area contributed by atoms with Crippen LogP contribution in [-0.4, -0.2) is 14.9 Å². The minimum atomic E-state index is -0.496. The molecule has 3 rings (SSSR count). The van der Waals surface area contributed by atoms with Gasteiger partial charge in [-0.05, 0) is 24.6 Å². The molecular formula is C15H10ClN3O2S. The summed E-state index contributed by atoms with van der Waals surface area (Å²) in [7, 11) is 0. The number of aryl methyl sites for hydroxylation is 1. The third-order valence-corrected chi connectivity index (χ3v) is 4.41. The van der Waals surface area contributed by atoms with Gasteiger partial charge in [0.05, 0.1) is 10.6 Å². The molecule has 1 aromatic carbocycles. The topological polar surface area (TPSA) is 68.9 Å². The Morgan fingerprint density at radius 3 is 2.86 bits per heavy atom. The van der Waals surface area contributed by atoms with Crippen molar-refractivity contribution in [2.24, 2.45) is 0 Å². The number of hydrogen-bond donors (Lipinski definition) is 0. The predicted octanol–water partition coefficient (Wildman–Crippen LogP) is 4.74. The quantitative estimate of drug-likeness (QED) is 0.513. The average Bonchev–Trinajstić information content (AvgIpc) is 2.97. The molecule has 110 valence electrons. The highest BCUT2D eigenvalue weighted by molar-refractivity contribution is 7.13. The second kappa shape index (κ2) is 5.82. The lowest BCUT2D eigenvalue weighted by atomic mass is 10.1. The van der Waals surface area contributed by atoms with Crippen LogP contribution in [0, 0.1) is 17.0 Å². The van der Waals surface area contributed by atoms with Crippen LogP contribution in [0.2, 0.25) is 5.02 Å². The molecule has 0 amide bonds. The van der Waals surface area contributed by atoms with Crippen LogP contribution in [0.25, 0.3) is 21.8 Å². The van der Waals surface area contributed by atoms with Gasteiger partial charge in [-0.15, -0.1) is 11.3 Å². The Morgan fingerprint density at radius 2 is 2.14 bits per heavy atom. The highest BCUT2D eigenvalue weighted by atomic mass is 35.5. The van der Waals surface area contributed by atoms with E-state index in [0.717, 1.165) is 16.1 Å². The van der Waals surface area contributed by atoms with Crippen molar-refractivity contribution in [2.75, 3.05) is 0 Å². The van der Waals surface area contributed by atoms with Gasteiger partial charge in [0.15, 0.2) is 0 Å². The van der Waals surface area contributed by atoms with E-state index in [1.807, 2.05) is 18.4 Å². The number of nitrogens with zero attached hydrogens (tertiary/aromatic N) is 3. The fourth-order valence-corrected chi connectivity index (χ4v) is 3.12. The van der Waals surface area contributed by atoms with Crippen molar-refractivity contribution in [1.29, 1.82) is 0 Å². The highest BCUT2D eigenvalue weighted by Crippen LogP contribution is 2.33. The van der Waals surface area contributed by atoms with Crippen LogP contribution in [0.3, 0.4) is 0 Å². The van der Waals surface area contributed by atoms with Gasteiger partial charge in [-0.2, -0.15) is 0 Å². The van der Waals surface area contributed by atoms with Crippen LogP contribution in [-0.2, 0) is 0 Å². The summed E-state index contributed by atoms with van der Waals surface area (Å²) >= 11 is 7.31. The molecule has 22 heavy (non-hydrogen) atoms. The van der Waals surface area contributed by atoms with Crippen LogP contribution < -0.4 is 0 Å². The van der Waals surface area contributed by atoms with E-state index in [1.165, 1.54) is 23.5 Å². The number of nitro benzene ring substituents is 1. The lowest BCUT2D eigenvalue weighted by Crippen LogP contribution is -1.90. The van der Waals surface area contributed by atoms with E-state index in [-0.39, 0.29) is 10.7 Å². The van der Waals surface area contributed by atoms with Gasteiger partial charge in [0.1, 0.15) is 10.0 Å². The van der Waals surface area contributed by atoms with Crippen molar-refractivity contribution in [2.45, 2.75) is 6.92 Å². The van der Waals surface area contributed by atoms with Crippen molar-refractivity contribution in [3.63, 3.8) is 0 Å². The third kappa shape index (κ3) is 2.70. The number of hydrogen-bond acceptors (Lipinski definition) is 5. The van der Waals surface area contributed by atoms with Gasteiger partial charge in [-0.25, -0.2) is 4.98 Å². The Morgan fingerprint density at radius 1 is 1.32 bits per heavy atom. The van der Waals surface area contributed by atoms with Crippen molar-refractivity contribution in [1.82, 2.24) is 9.97 Å². The van der Waals surface area contributed by atoms with E-state index in [4.69, 9.17) is 11.6 Å². The SMILES string of the molecule is Cc1ccncc1-c1nc(-c2ccc(Cl)c([N+](=O)[O-])c2)cs1. The number of benzene rings is 1. The number of halogens is 1. The van der Waals surface area contributed by atoms with Crippen molar-refractivity contribution in [3.05, 3.63) is 62.7 Å². The van der Waals surface area contributed by atoms with Gasteiger partial charge in [0.25, 0.3) is 5.69 Å². The van der Waals surface area contributed by atoms with E-state index in [9.17, 15) is 10.1 Å². The maximum absolute atomic E-state index is 11.0. The molecule has 0 fully saturated rings. The molecule has 0 saturated heterocycles. The number of nitro groups is 1. The molecule has 0 unspecified atom stereocenters. The van der Waals surface area contributed by atoms with Crippen LogP contribution in [0.4, 0.5) is 5.69 Å². The maximum atomic E-state index is 11.0. The molecule has 0 saturated carbocycles. The van der Waals surface area contributed by atoms with E-state index in [0.29, 0.717) is 11.3 Å².